The molecule has 136 valence electrons. The lowest BCUT2D eigenvalue weighted by Gasteiger charge is -2.35. The summed E-state index contributed by atoms with van der Waals surface area (Å²) >= 11 is 0. The van der Waals surface area contributed by atoms with E-state index in [1.54, 1.807) is 26.1 Å². The van der Waals surface area contributed by atoms with Crippen LogP contribution in [0.3, 0.4) is 0 Å². The van der Waals surface area contributed by atoms with Crippen LogP contribution in [0.4, 0.5) is 0 Å². The summed E-state index contributed by atoms with van der Waals surface area (Å²) in [5.41, 5.74) is 1.14. The smallest absolute Gasteiger partial charge is 0.236 e. The maximum absolute atomic E-state index is 12.8. The van der Waals surface area contributed by atoms with E-state index in [2.05, 4.69) is 11.0 Å². The Kier molecular flexibility index (Phi) is 5.27. The molecule has 0 aromatic heterocycles. The van der Waals surface area contributed by atoms with E-state index in [1.807, 2.05) is 23.1 Å². The number of hydrogen-bond donors (Lipinski definition) is 0. The first kappa shape index (κ1) is 17.7. The minimum absolute atomic E-state index is 0.0752. The van der Waals surface area contributed by atoms with Crippen molar-refractivity contribution in [1.29, 1.82) is 0 Å². The molecule has 6 heteroatoms. The number of methoxy groups -OCH3 is 1. The number of carbonyl (C=O) groups excluding carboxylic acids is 2. The lowest BCUT2D eigenvalue weighted by molar-refractivity contribution is -0.135. The number of benzene rings is 1. The highest BCUT2D eigenvalue weighted by Crippen LogP contribution is 2.51. The van der Waals surface area contributed by atoms with E-state index in [0.29, 0.717) is 19.6 Å². The van der Waals surface area contributed by atoms with Crippen molar-refractivity contribution in [3.8, 4) is 5.75 Å². The fourth-order valence-electron chi connectivity index (χ4n) is 3.48. The predicted octanol–water partition coefficient (Wildman–Crippen LogP) is 1.03. The Hall–Kier alpha value is -2.08. The Morgan fingerprint density at radius 3 is 2.48 bits per heavy atom. The molecule has 0 radical (unpaired) electrons. The van der Waals surface area contributed by atoms with Crippen LogP contribution in [0.5, 0.6) is 5.75 Å². The molecule has 1 aromatic rings. The SMILES string of the molecule is COc1ccccc1[C@@H]1C[C@@H]1C(=O)N1CCN(CC(=O)N(C)C)CC1. The molecule has 2 aliphatic rings. The van der Waals surface area contributed by atoms with Gasteiger partial charge in [-0.3, -0.25) is 14.5 Å². The molecule has 0 bridgehead atoms. The zero-order chi connectivity index (χ0) is 18.0. The molecule has 1 saturated carbocycles. The maximum Gasteiger partial charge on any atom is 0.236 e. The molecule has 2 amide bonds. The zero-order valence-corrected chi connectivity index (χ0v) is 15.3. The van der Waals surface area contributed by atoms with E-state index >= 15 is 0 Å². The van der Waals surface area contributed by atoms with E-state index in [9.17, 15) is 9.59 Å². The first-order chi connectivity index (χ1) is 12.0. The van der Waals surface area contributed by atoms with Gasteiger partial charge < -0.3 is 14.5 Å². The van der Waals surface area contributed by atoms with E-state index in [1.165, 1.54) is 0 Å². The molecule has 1 aromatic carbocycles. The molecule has 1 heterocycles. The molecule has 25 heavy (non-hydrogen) atoms. The minimum atomic E-state index is 0.0752. The summed E-state index contributed by atoms with van der Waals surface area (Å²) in [5, 5.41) is 0. The molecular weight excluding hydrogens is 318 g/mol. The van der Waals surface area contributed by atoms with Crippen molar-refractivity contribution in [2.24, 2.45) is 5.92 Å². The summed E-state index contributed by atoms with van der Waals surface area (Å²) in [6, 6.07) is 7.96. The van der Waals surface area contributed by atoms with Crippen LogP contribution in [0.25, 0.3) is 0 Å². The summed E-state index contributed by atoms with van der Waals surface area (Å²) in [4.78, 5) is 30.3. The summed E-state index contributed by atoms with van der Waals surface area (Å²) in [5.74, 6) is 1.57. The second kappa shape index (κ2) is 7.44. The van der Waals surface area contributed by atoms with E-state index in [-0.39, 0.29) is 23.7 Å². The Labute approximate surface area is 149 Å². The van der Waals surface area contributed by atoms with Gasteiger partial charge in [-0.05, 0) is 24.0 Å². The van der Waals surface area contributed by atoms with E-state index < -0.39 is 0 Å². The molecule has 1 aliphatic heterocycles. The van der Waals surface area contributed by atoms with Crippen molar-refractivity contribution in [2.45, 2.75) is 12.3 Å². The van der Waals surface area contributed by atoms with Crippen molar-refractivity contribution in [3.63, 3.8) is 0 Å². The van der Waals surface area contributed by atoms with Gasteiger partial charge in [0, 0.05) is 46.2 Å². The third kappa shape index (κ3) is 3.95. The van der Waals surface area contributed by atoms with Crippen LogP contribution < -0.4 is 4.74 Å². The Bertz CT molecular complexity index is 639. The van der Waals surface area contributed by atoms with Crippen molar-refractivity contribution >= 4 is 11.8 Å². The van der Waals surface area contributed by atoms with Crippen LogP contribution in [0.15, 0.2) is 24.3 Å². The van der Waals surface area contributed by atoms with Gasteiger partial charge in [0.05, 0.1) is 13.7 Å². The third-order valence-corrected chi connectivity index (χ3v) is 5.19. The van der Waals surface area contributed by atoms with Gasteiger partial charge in [-0.1, -0.05) is 18.2 Å². The fourth-order valence-corrected chi connectivity index (χ4v) is 3.48. The normalized spacial score (nSPS) is 23.2. The standard InChI is InChI=1S/C19H27N3O3/c1-20(2)18(23)13-21-8-10-22(11-9-21)19(24)16-12-15(16)14-6-4-5-7-17(14)25-3/h4-7,15-16H,8-13H2,1-3H3/t15-,16-/m0/s1. The molecule has 6 nitrogen and oxygen atoms in total. The van der Waals surface area contributed by atoms with Crippen LogP contribution in [0.2, 0.25) is 0 Å². The number of para-hydroxylation sites is 1. The molecule has 3 rings (SSSR count). The molecule has 0 unspecified atom stereocenters. The van der Waals surface area contributed by atoms with Crippen LogP contribution in [0, 0.1) is 5.92 Å². The molecule has 1 aliphatic carbocycles. The molecular formula is C19H27N3O3. The van der Waals surface area contributed by atoms with Crippen molar-refractivity contribution < 1.29 is 14.3 Å². The average Bonchev–Trinajstić information content (AvgIpc) is 3.42. The van der Waals surface area contributed by atoms with Gasteiger partial charge in [-0.15, -0.1) is 0 Å². The number of amides is 2. The largest absolute Gasteiger partial charge is 0.496 e. The summed E-state index contributed by atoms with van der Waals surface area (Å²) in [7, 11) is 5.21. The first-order valence-electron chi connectivity index (χ1n) is 8.85. The molecule has 0 spiro atoms. The fraction of sp³-hybridized carbons (Fsp3) is 0.579. The van der Waals surface area contributed by atoms with Gasteiger partial charge in [0.25, 0.3) is 0 Å². The number of hydrogen-bond acceptors (Lipinski definition) is 4. The van der Waals surface area contributed by atoms with Crippen molar-refractivity contribution in [2.75, 3.05) is 53.9 Å². The van der Waals surface area contributed by atoms with Gasteiger partial charge in [0.2, 0.25) is 11.8 Å². The van der Waals surface area contributed by atoms with Crippen LogP contribution in [-0.2, 0) is 9.59 Å². The number of rotatable bonds is 5. The average molecular weight is 345 g/mol. The maximum atomic E-state index is 12.8. The Morgan fingerprint density at radius 2 is 1.84 bits per heavy atom. The highest BCUT2D eigenvalue weighted by molar-refractivity contribution is 5.83. The topological polar surface area (TPSA) is 53.1 Å². The van der Waals surface area contributed by atoms with Gasteiger partial charge in [-0.25, -0.2) is 0 Å². The molecule has 1 saturated heterocycles. The van der Waals surface area contributed by atoms with Gasteiger partial charge in [0.1, 0.15) is 5.75 Å². The van der Waals surface area contributed by atoms with Gasteiger partial charge in [-0.2, -0.15) is 0 Å². The number of piperazine rings is 1. The highest BCUT2D eigenvalue weighted by atomic mass is 16.5. The van der Waals surface area contributed by atoms with Crippen LogP contribution in [0.1, 0.15) is 17.9 Å². The summed E-state index contributed by atoms with van der Waals surface area (Å²) in [6.45, 7) is 3.36. The summed E-state index contributed by atoms with van der Waals surface area (Å²) in [6.07, 6.45) is 0.901. The Morgan fingerprint density at radius 1 is 1.16 bits per heavy atom. The first-order valence-corrected chi connectivity index (χ1v) is 8.85. The van der Waals surface area contributed by atoms with E-state index in [0.717, 1.165) is 30.8 Å². The second-order valence-electron chi connectivity index (χ2n) is 7.08. The predicted molar refractivity (Wildman–Crippen MR) is 95.6 cm³/mol. The number of carbonyl (C=O) groups is 2. The Balaban J connectivity index is 1.52. The lowest BCUT2D eigenvalue weighted by Crippen LogP contribution is -2.51. The minimum Gasteiger partial charge on any atom is -0.496 e. The van der Waals surface area contributed by atoms with Crippen molar-refractivity contribution in [3.05, 3.63) is 29.8 Å². The number of ether oxygens (including phenoxy) is 1. The molecule has 2 fully saturated rings. The zero-order valence-electron chi connectivity index (χ0n) is 15.3. The summed E-state index contributed by atoms with van der Waals surface area (Å²) < 4.78 is 5.42. The highest BCUT2D eigenvalue weighted by Gasteiger charge is 2.47. The van der Waals surface area contributed by atoms with Crippen LogP contribution in [-0.4, -0.2) is 80.4 Å². The monoisotopic (exact) mass is 345 g/mol. The number of likely N-dealkylation sites (N-methyl/N-ethyl adjacent to an activating group) is 1. The number of nitrogens with zero attached hydrogens (tertiary/aromatic N) is 3. The van der Waals surface area contributed by atoms with Gasteiger partial charge in [0.15, 0.2) is 0 Å². The van der Waals surface area contributed by atoms with Crippen molar-refractivity contribution in [1.82, 2.24) is 14.7 Å². The van der Waals surface area contributed by atoms with E-state index in [4.69, 9.17) is 4.74 Å². The molecule has 0 N–H and O–H groups in total. The lowest BCUT2D eigenvalue weighted by atomic mass is 10.1. The third-order valence-electron chi connectivity index (χ3n) is 5.19. The second-order valence-corrected chi connectivity index (χ2v) is 7.08. The quantitative estimate of drug-likeness (QED) is 0.800. The van der Waals surface area contributed by atoms with Gasteiger partial charge >= 0.3 is 0 Å². The van der Waals surface area contributed by atoms with Crippen LogP contribution >= 0.6 is 0 Å². The molecule has 2 atom stereocenters.